The molecule has 7 aromatic carbocycles. The summed E-state index contributed by atoms with van der Waals surface area (Å²) in [6.07, 6.45) is 0. The highest BCUT2D eigenvalue weighted by Gasteiger charge is 2.52. The van der Waals surface area contributed by atoms with E-state index in [2.05, 4.69) is 168 Å². The maximum Gasteiger partial charge on any atom is 0.0999 e. The number of fused-ring (bicyclic) bond motifs is 15. The molecule has 11 rings (SSSR count). The van der Waals surface area contributed by atoms with Crippen molar-refractivity contribution < 1.29 is 0 Å². The first kappa shape index (κ1) is 26.6. The molecule has 224 valence electrons. The number of hydrogen-bond acceptors (Lipinski definition) is 3. The Morgan fingerprint density at radius 2 is 1.17 bits per heavy atom. The van der Waals surface area contributed by atoms with Crippen LogP contribution in [0.1, 0.15) is 22.3 Å². The summed E-state index contributed by atoms with van der Waals surface area (Å²) in [6, 6.07) is 59.0. The molecule has 0 N–H and O–H groups in total. The molecule has 0 saturated carbocycles. The third kappa shape index (κ3) is 3.40. The zero-order valence-corrected chi connectivity index (χ0v) is 27.5. The highest BCUT2D eigenvalue weighted by Crippen LogP contribution is 2.65. The summed E-state index contributed by atoms with van der Waals surface area (Å²) in [6.45, 7) is 0. The average Bonchev–Trinajstić information content (AvgIpc) is 3.92. The minimum atomic E-state index is -0.414. The van der Waals surface area contributed by atoms with Gasteiger partial charge in [-0.25, -0.2) is 0 Å². The Morgan fingerprint density at radius 3 is 2.04 bits per heavy atom. The highest BCUT2D eigenvalue weighted by molar-refractivity contribution is 7.26. The smallest absolute Gasteiger partial charge is 0.0999 e. The lowest BCUT2D eigenvalue weighted by Crippen LogP contribution is -2.26. The first-order valence-corrected chi connectivity index (χ1v) is 18.1. The molecule has 2 heterocycles. The summed E-state index contributed by atoms with van der Waals surface area (Å²) in [5.41, 5.74) is 12.8. The Kier molecular flexibility index (Phi) is 5.41. The van der Waals surface area contributed by atoms with Crippen LogP contribution in [0.2, 0.25) is 0 Å². The van der Waals surface area contributed by atoms with Gasteiger partial charge in [0.05, 0.1) is 10.4 Å². The van der Waals surface area contributed by atoms with Gasteiger partial charge >= 0.3 is 0 Å². The van der Waals surface area contributed by atoms with Gasteiger partial charge in [-0.3, -0.25) is 0 Å². The molecule has 0 aliphatic heterocycles. The van der Waals surface area contributed by atoms with Crippen LogP contribution in [0.3, 0.4) is 0 Å². The van der Waals surface area contributed by atoms with Crippen LogP contribution in [0, 0.1) is 0 Å². The van der Waals surface area contributed by atoms with Crippen LogP contribution in [-0.2, 0) is 5.41 Å². The first-order chi connectivity index (χ1) is 23.8. The SMILES string of the molecule is c1csc(N(c2ccc3c(c2)C2(c4ccccc4-3)c3ccccc3-c3c2ccc2c3sc3ccccc32)c2ccc3ccccc3c2)c1. The monoisotopic (exact) mass is 645 g/mol. The number of nitrogens with zero attached hydrogens (tertiary/aromatic N) is 1. The summed E-state index contributed by atoms with van der Waals surface area (Å²) < 4.78 is 2.73. The average molecular weight is 646 g/mol. The van der Waals surface area contributed by atoms with Gasteiger partial charge in [0.2, 0.25) is 0 Å². The summed E-state index contributed by atoms with van der Waals surface area (Å²) in [5, 5.41) is 8.56. The van der Waals surface area contributed by atoms with Crippen molar-refractivity contribution in [3.63, 3.8) is 0 Å². The topological polar surface area (TPSA) is 3.24 Å². The molecule has 2 aromatic heterocycles. The van der Waals surface area contributed by atoms with E-state index in [4.69, 9.17) is 0 Å². The second-order valence-electron chi connectivity index (χ2n) is 12.9. The van der Waals surface area contributed by atoms with E-state index in [1.807, 2.05) is 11.3 Å². The van der Waals surface area contributed by atoms with Crippen molar-refractivity contribution in [1.29, 1.82) is 0 Å². The van der Waals surface area contributed by atoms with E-state index in [0.29, 0.717) is 0 Å². The van der Waals surface area contributed by atoms with Crippen LogP contribution in [0.5, 0.6) is 0 Å². The van der Waals surface area contributed by atoms with Crippen molar-refractivity contribution in [3.05, 3.63) is 185 Å². The summed E-state index contributed by atoms with van der Waals surface area (Å²) in [7, 11) is 0. The Balaban J connectivity index is 1.22. The van der Waals surface area contributed by atoms with Crippen molar-refractivity contribution >= 4 is 70.0 Å². The van der Waals surface area contributed by atoms with Crippen molar-refractivity contribution in [3.8, 4) is 22.3 Å². The first-order valence-electron chi connectivity index (χ1n) is 16.4. The zero-order valence-electron chi connectivity index (χ0n) is 25.9. The van der Waals surface area contributed by atoms with Gasteiger partial charge in [-0.2, -0.15) is 0 Å². The molecular formula is C45H27NS2. The molecule has 1 nitrogen and oxygen atoms in total. The van der Waals surface area contributed by atoms with Crippen molar-refractivity contribution in [2.45, 2.75) is 5.41 Å². The summed E-state index contributed by atoms with van der Waals surface area (Å²) >= 11 is 3.71. The standard InChI is InChI=1S/C45H27NS2/c1-2-11-29-26-30(20-19-28(29)10-1)46(42-18-9-25-47-42)31-21-22-33-32-12-3-6-15-37(32)45(40(33)27-31)38-16-7-4-14-36(38)43-39(45)24-23-35-34-13-5-8-17-41(34)48-44(35)43/h1-27H. The van der Waals surface area contributed by atoms with Crippen LogP contribution >= 0.6 is 22.7 Å². The van der Waals surface area contributed by atoms with Crippen LogP contribution in [0.25, 0.3) is 53.2 Å². The number of hydrogen-bond donors (Lipinski definition) is 0. The number of anilines is 3. The Bertz CT molecular complexity index is 2750. The number of rotatable bonds is 3. The van der Waals surface area contributed by atoms with E-state index < -0.39 is 5.41 Å². The maximum absolute atomic E-state index is 2.49. The predicted octanol–water partition coefficient (Wildman–Crippen LogP) is 13.1. The summed E-state index contributed by atoms with van der Waals surface area (Å²) in [5.74, 6) is 0. The molecule has 3 heteroatoms. The molecule has 9 aromatic rings. The van der Waals surface area contributed by atoms with Crippen molar-refractivity contribution in [2.24, 2.45) is 0 Å². The second-order valence-corrected chi connectivity index (χ2v) is 14.8. The lowest BCUT2D eigenvalue weighted by atomic mass is 9.70. The van der Waals surface area contributed by atoms with Crippen LogP contribution in [0.4, 0.5) is 16.4 Å². The Labute approximate surface area is 286 Å². The van der Waals surface area contributed by atoms with Crippen LogP contribution in [0.15, 0.2) is 163 Å². The van der Waals surface area contributed by atoms with Gasteiger partial charge in [0.25, 0.3) is 0 Å². The molecule has 0 amide bonds. The van der Waals surface area contributed by atoms with Gasteiger partial charge < -0.3 is 4.90 Å². The van der Waals surface area contributed by atoms with Crippen molar-refractivity contribution in [1.82, 2.24) is 0 Å². The van der Waals surface area contributed by atoms with Gasteiger partial charge in [-0.1, -0.05) is 115 Å². The molecule has 1 atom stereocenters. The van der Waals surface area contributed by atoms with E-state index in [-0.39, 0.29) is 0 Å². The van der Waals surface area contributed by atoms with Gasteiger partial charge in [0.15, 0.2) is 0 Å². The Hall–Kier alpha value is -5.48. The molecule has 0 saturated heterocycles. The fourth-order valence-corrected chi connectivity index (χ4v) is 10.7. The van der Waals surface area contributed by atoms with Gasteiger partial charge in [-0.15, -0.1) is 22.7 Å². The summed E-state index contributed by atoms with van der Waals surface area (Å²) in [4.78, 5) is 2.44. The minimum Gasteiger partial charge on any atom is -0.302 e. The van der Waals surface area contributed by atoms with Gasteiger partial charge in [0.1, 0.15) is 0 Å². The fraction of sp³-hybridized carbons (Fsp3) is 0.0222. The van der Waals surface area contributed by atoms with Crippen LogP contribution < -0.4 is 4.90 Å². The van der Waals surface area contributed by atoms with E-state index in [1.165, 1.54) is 91.8 Å². The second kappa shape index (κ2) is 9.77. The molecule has 2 aliphatic carbocycles. The van der Waals surface area contributed by atoms with E-state index in [0.717, 1.165) is 0 Å². The van der Waals surface area contributed by atoms with Crippen molar-refractivity contribution in [2.75, 3.05) is 4.90 Å². The van der Waals surface area contributed by atoms with Gasteiger partial charge in [-0.05, 0) is 97.6 Å². The molecule has 2 aliphatic rings. The lowest BCUT2D eigenvalue weighted by molar-refractivity contribution is 0.794. The highest BCUT2D eigenvalue weighted by atomic mass is 32.1. The Morgan fingerprint density at radius 1 is 0.458 bits per heavy atom. The molecule has 1 unspecified atom stereocenters. The largest absolute Gasteiger partial charge is 0.302 e. The molecule has 1 spiro atoms. The zero-order chi connectivity index (χ0) is 31.4. The maximum atomic E-state index is 2.49. The number of benzene rings is 7. The lowest BCUT2D eigenvalue weighted by Gasteiger charge is -2.32. The minimum absolute atomic E-state index is 0.414. The number of thiophene rings is 2. The molecule has 0 fully saturated rings. The van der Waals surface area contributed by atoms with E-state index in [9.17, 15) is 0 Å². The normalized spacial score (nSPS) is 15.6. The molecule has 48 heavy (non-hydrogen) atoms. The third-order valence-corrected chi connectivity index (χ3v) is 12.6. The molecule has 0 radical (unpaired) electrons. The predicted molar refractivity (Wildman–Crippen MR) is 206 cm³/mol. The quantitative estimate of drug-likeness (QED) is 0.185. The fourth-order valence-electron chi connectivity index (χ4n) is 8.65. The third-order valence-electron chi connectivity index (χ3n) is 10.6. The molecule has 0 bridgehead atoms. The van der Waals surface area contributed by atoms with Gasteiger partial charge in [0, 0.05) is 37.1 Å². The van der Waals surface area contributed by atoms with Crippen LogP contribution in [-0.4, -0.2) is 0 Å². The molecular weight excluding hydrogens is 619 g/mol. The van der Waals surface area contributed by atoms with E-state index >= 15 is 0 Å². The van der Waals surface area contributed by atoms with E-state index in [1.54, 1.807) is 11.3 Å².